The monoisotopic (exact) mass is 523 g/mol. The standard InChI is InChI=1S/C28H24F3N3O4/c1-27(2)14-22-25(23(35)15-27)26(33-21-6-4-3-5-20(21)32-22)19-13-17(34(36)37)9-12-24(19)38-18-10-7-16(8-11-18)28(29,30)31/h3-13,26,32-33H,14-15H2,1-2H3. The summed E-state index contributed by atoms with van der Waals surface area (Å²) in [6.07, 6.45) is -3.64. The van der Waals surface area contributed by atoms with Crippen molar-refractivity contribution in [3.05, 3.63) is 99.2 Å². The lowest BCUT2D eigenvalue weighted by atomic mass is 9.73. The molecule has 38 heavy (non-hydrogen) atoms. The first kappa shape index (κ1) is 25.3. The van der Waals surface area contributed by atoms with Crippen molar-refractivity contribution in [2.24, 2.45) is 5.41 Å². The van der Waals surface area contributed by atoms with Gasteiger partial charge in [0.15, 0.2) is 5.78 Å². The molecule has 2 N–H and O–H groups in total. The van der Waals surface area contributed by atoms with E-state index in [0.29, 0.717) is 28.9 Å². The van der Waals surface area contributed by atoms with Gasteiger partial charge in [0.25, 0.3) is 5.69 Å². The second-order valence-electron chi connectivity index (χ2n) is 10.2. The van der Waals surface area contributed by atoms with E-state index in [4.69, 9.17) is 4.74 Å². The minimum Gasteiger partial charge on any atom is -0.457 e. The number of allylic oxidation sites excluding steroid dienone is 1. The van der Waals surface area contributed by atoms with Crippen molar-refractivity contribution in [1.29, 1.82) is 0 Å². The van der Waals surface area contributed by atoms with Crippen LogP contribution in [-0.2, 0) is 11.0 Å². The van der Waals surface area contributed by atoms with Crippen molar-refractivity contribution in [3.63, 3.8) is 0 Å². The van der Waals surface area contributed by atoms with E-state index in [1.54, 1.807) is 0 Å². The Labute approximate surface area is 216 Å². The predicted molar refractivity (Wildman–Crippen MR) is 136 cm³/mol. The summed E-state index contributed by atoms with van der Waals surface area (Å²) in [6, 6.07) is 14.7. The maximum absolute atomic E-state index is 13.5. The molecule has 0 saturated heterocycles. The molecule has 1 aliphatic heterocycles. The molecular formula is C28H24F3N3O4. The summed E-state index contributed by atoms with van der Waals surface area (Å²) in [5.74, 6) is 0.184. The van der Waals surface area contributed by atoms with Crippen LogP contribution in [0.4, 0.5) is 30.2 Å². The summed E-state index contributed by atoms with van der Waals surface area (Å²) in [6.45, 7) is 4.00. The molecular weight excluding hydrogens is 499 g/mol. The number of anilines is 2. The molecule has 0 fully saturated rings. The quantitative estimate of drug-likeness (QED) is 0.270. The predicted octanol–water partition coefficient (Wildman–Crippen LogP) is 7.63. The number of carbonyl (C=O) groups is 1. The van der Waals surface area contributed by atoms with Crippen LogP contribution in [0.25, 0.3) is 0 Å². The van der Waals surface area contributed by atoms with Crippen LogP contribution >= 0.6 is 0 Å². The number of alkyl halides is 3. The molecule has 0 amide bonds. The van der Waals surface area contributed by atoms with Gasteiger partial charge in [0, 0.05) is 35.4 Å². The van der Waals surface area contributed by atoms with E-state index in [9.17, 15) is 28.1 Å². The van der Waals surface area contributed by atoms with Gasteiger partial charge in [-0.3, -0.25) is 14.9 Å². The number of nitro benzene ring substituents is 1. The molecule has 0 radical (unpaired) electrons. The minimum absolute atomic E-state index is 0.110. The van der Waals surface area contributed by atoms with Gasteiger partial charge in [0.1, 0.15) is 11.5 Å². The summed E-state index contributed by atoms with van der Waals surface area (Å²) in [5.41, 5.74) is 1.57. The highest BCUT2D eigenvalue weighted by atomic mass is 19.4. The molecule has 0 spiro atoms. The zero-order valence-corrected chi connectivity index (χ0v) is 20.6. The molecule has 0 aromatic heterocycles. The fourth-order valence-corrected chi connectivity index (χ4v) is 4.93. The molecule has 5 rings (SSSR count). The number of hydrogen-bond acceptors (Lipinski definition) is 6. The van der Waals surface area contributed by atoms with Crippen molar-refractivity contribution < 1.29 is 27.6 Å². The Morgan fingerprint density at radius 2 is 1.68 bits per heavy atom. The number of fused-ring (bicyclic) bond motifs is 1. The molecule has 1 atom stereocenters. The van der Waals surface area contributed by atoms with Crippen LogP contribution in [0, 0.1) is 15.5 Å². The van der Waals surface area contributed by atoms with Crippen LogP contribution in [0.2, 0.25) is 0 Å². The highest BCUT2D eigenvalue weighted by Gasteiger charge is 2.40. The normalized spacial score (nSPS) is 18.4. The van der Waals surface area contributed by atoms with E-state index in [1.807, 2.05) is 38.1 Å². The number of ether oxygens (including phenoxy) is 1. The number of nitro groups is 1. The van der Waals surface area contributed by atoms with Gasteiger partial charge in [-0.05, 0) is 54.3 Å². The Bertz CT molecular complexity index is 1460. The fraction of sp³-hybridized carbons (Fsp3) is 0.250. The number of carbonyl (C=O) groups excluding carboxylic acids is 1. The third kappa shape index (κ3) is 4.93. The average Bonchev–Trinajstić information content (AvgIpc) is 2.99. The van der Waals surface area contributed by atoms with Crippen molar-refractivity contribution in [2.45, 2.75) is 38.9 Å². The van der Waals surface area contributed by atoms with Crippen LogP contribution < -0.4 is 15.4 Å². The molecule has 10 heteroatoms. The van der Waals surface area contributed by atoms with Gasteiger partial charge >= 0.3 is 6.18 Å². The highest BCUT2D eigenvalue weighted by Crippen LogP contribution is 2.48. The summed E-state index contributed by atoms with van der Waals surface area (Å²) in [4.78, 5) is 24.7. The van der Waals surface area contributed by atoms with E-state index in [2.05, 4.69) is 10.6 Å². The number of nitrogens with zero attached hydrogens (tertiary/aromatic N) is 1. The molecule has 2 aliphatic rings. The average molecular weight is 524 g/mol. The molecule has 0 saturated carbocycles. The van der Waals surface area contributed by atoms with E-state index in [0.717, 1.165) is 17.8 Å². The van der Waals surface area contributed by atoms with Gasteiger partial charge in [-0.1, -0.05) is 26.0 Å². The molecule has 196 valence electrons. The Hall–Kier alpha value is -4.34. The van der Waals surface area contributed by atoms with Crippen molar-refractivity contribution in [2.75, 3.05) is 10.6 Å². The summed E-state index contributed by atoms with van der Waals surface area (Å²) < 4.78 is 45.0. The number of hydrogen-bond donors (Lipinski definition) is 2. The molecule has 3 aromatic rings. The fourth-order valence-electron chi connectivity index (χ4n) is 4.93. The Balaban J connectivity index is 1.65. The van der Waals surface area contributed by atoms with Gasteiger partial charge < -0.3 is 15.4 Å². The van der Waals surface area contributed by atoms with E-state index in [1.165, 1.54) is 30.3 Å². The maximum atomic E-state index is 13.5. The van der Waals surface area contributed by atoms with Crippen LogP contribution in [-0.4, -0.2) is 10.7 Å². The van der Waals surface area contributed by atoms with Crippen molar-refractivity contribution in [1.82, 2.24) is 0 Å². The van der Waals surface area contributed by atoms with Gasteiger partial charge in [-0.2, -0.15) is 13.2 Å². The topological polar surface area (TPSA) is 93.5 Å². The number of benzene rings is 3. The van der Waals surface area contributed by atoms with Crippen LogP contribution in [0.3, 0.4) is 0 Å². The van der Waals surface area contributed by atoms with E-state index < -0.39 is 22.7 Å². The lowest BCUT2D eigenvalue weighted by Gasteiger charge is -2.34. The largest absolute Gasteiger partial charge is 0.457 e. The molecule has 0 bridgehead atoms. The number of halogens is 3. The number of non-ortho nitro benzene ring substituents is 1. The smallest absolute Gasteiger partial charge is 0.416 e. The van der Waals surface area contributed by atoms with Crippen LogP contribution in [0.15, 0.2) is 78.0 Å². The van der Waals surface area contributed by atoms with Gasteiger partial charge in [-0.15, -0.1) is 0 Å². The third-order valence-corrected chi connectivity index (χ3v) is 6.65. The maximum Gasteiger partial charge on any atom is 0.416 e. The molecule has 3 aromatic carbocycles. The molecule has 1 heterocycles. The Morgan fingerprint density at radius 3 is 2.34 bits per heavy atom. The molecule has 1 aliphatic carbocycles. The number of para-hydroxylation sites is 2. The molecule has 1 unspecified atom stereocenters. The Kier molecular flexibility index (Phi) is 6.13. The summed E-state index contributed by atoms with van der Waals surface area (Å²) in [5, 5.41) is 18.4. The first-order chi connectivity index (χ1) is 17.9. The van der Waals surface area contributed by atoms with Crippen LogP contribution in [0.5, 0.6) is 11.5 Å². The minimum atomic E-state index is -4.50. The first-order valence-electron chi connectivity index (χ1n) is 11.9. The van der Waals surface area contributed by atoms with Crippen molar-refractivity contribution >= 4 is 22.8 Å². The Morgan fingerprint density at radius 1 is 1.00 bits per heavy atom. The molecule has 7 nitrogen and oxygen atoms in total. The number of Topliss-reactive ketones (excluding diaryl/α,β-unsaturated/α-hetero) is 1. The second-order valence-corrected chi connectivity index (χ2v) is 10.2. The number of rotatable bonds is 4. The van der Waals surface area contributed by atoms with Gasteiger partial charge in [0.05, 0.1) is 27.9 Å². The number of ketones is 1. The zero-order chi connectivity index (χ0) is 27.2. The van der Waals surface area contributed by atoms with E-state index >= 15 is 0 Å². The SMILES string of the molecule is CC1(C)CC(=O)C2=C(C1)Nc1ccccc1NC2c1cc([N+](=O)[O-])ccc1Oc1ccc(C(F)(F)F)cc1. The summed E-state index contributed by atoms with van der Waals surface area (Å²) in [7, 11) is 0. The first-order valence-corrected chi connectivity index (χ1v) is 11.9. The zero-order valence-electron chi connectivity index (χ0n) is 20.6. The van der Waals surface area contributed by atoms with Crippen LogP contribution in [0.1, 0.15) is 43.9 Å². The highest BCUT2D eigenvalue weighted by molar-refractivity contribution is 6.01. The third-order valence-electron chi connectivity index (χ3n) is 6.65. The van der Waals surface area contributed by atoms with E-state index in [-0.39, 0.29) is 34.8 Å². The van der Waals surface area contributed by atoms with Gasteiger partial charge in [-0.25, -0.2) is 0 Å². The lowest BCUT2D eigenvalue weighted by molar-refractivity contribution is -0.384. The van der Waals surface area contributed by atoms with Gasteiger partial charge in [0.2, 0.25) is 0 Å². The van der Waals surface area contributed by atoms with Crippen molar-refractivity contribution in [3.8, 4) is 11.5 Å². The number of nitrogens with one attached hydrogen (secondary N) is 2. The lowest BCUT2D eigenvalue weighted by Crippen LogP contribution is -2.31. The second kappa shape index (κ2) is 9.20. The summed E-state index contributed by atoms with van der Waals surface area (Å²) >= 11 is 0.